The zero-order valence-electron chi connectivity index (χ0n) is 14.7. The van der Waals surface area contributed by atoms with E-state index in [1.54, 1.807) is 48.7 Å². The van der Waals surface area contributed by atoms with Crippen LogP contribution >= 0.6 is 34.9 Å². The minimum Gasteiger partial charge on any atom is -0.461 e. The van der Waals surface area contributed by atoms with Gasteiger partial charge in [-0.1, -0.05) is 13.2 Å². The summed E-state index contributed by atoms with van der Waals surface area (Å²) in [5.41, 5.74) is 0.861. The average molecular weight is 401 g/mol. The minimum atomic E-state index is -0.329. The highest BCUT2D eigenvalue weighted by molar-refractivity contribution is 7.99. The Morgan fingerprint density at radius 3 is 1.68 bits per heavy atom. The Morgan fingerprint density at radius 2 is 1.32 bits per heavy atom. The number of carbonyl (C=O) groups is 2. The molecule has 1 aromatic heterocycles. The summed E-state index contributed by atoms with van der Waals surface area (Å²) in [5.74, 6) is 2.71. The summed E-state index contributed by atoms with van der Waals surface area (Å²) in [4.78, 5) is 25.1. The lowest BCUT2D eigenvalue weighted by Crippen LogP contribution is -2.07. The molecule has 0 aliphatic carbocycles. The summed E-state index contributed by atoms with van der Waals surface area (Å²) < 4.78 is 10.1. The van der Waals surface area contributed by atoms with Crippen molar-refractivity contribution in [3.63, 3.8) is 0 Å². The fraction of sp³-hybridized carbons (Fsp3) is 0.444. The first-order valence-electron chi connectivity index (χ1n) is 7.78. The van der Waals surface area contributed by atoms with Gasteiger partial charge in [-0.3, -0.25) is 0 Å². The molecule has 0 saturated carbocycles. The molecule has 1 heterocycles. The summed E-state index contributed by atoms with van der Waals surface area (Å²) in [7, 11) is 0. The largest absolute Gasteiger partial charge is 0.461 e. The molecule has 0 spiro atoms. The van der Waals surface area contributed by atoms with Crippen molar-refractivity contribution in [2.24, 2.45) is 0 Å². The quantitative estimate of drug-likeness (QED) is 0.293. The molecule has 0 aliphatic heterocycles. The molecule has 0 aliphatic rings. The van der Waals surface area contributed by atoms with Crippen LogP contribution in [0.2, 0.25) is 0 Å². The molecule has 0 atom stereocenters. The van der Waals surface area contributed by atoms with Gasteiger partial charge in [-0.05, 0) is 26.0 Å². The predicted octanol–water partition coefficient (Wildman–Crippen LogP) is 4.45. The summed E-state index contributed by atoms with van der Waals surface area (Å²) in [6, 6.07) is 4.27. The zero-order chi connectivity index (χ0) is 18.7. The fourth-order valence-corrected chi connectivity index (χ4v) is 4.42. The van der Waals surface area contributed by atoms with E-state index in [2.05, 4.69) is 25.3 Å². The number of hydrogen-bond acceptors (Lipinski definition) is 7. The first-order chi connectivity index (χ1) is 11.9. The lowest BCUT2D eigenvalue weighted by atomic mass is 10.4. The van der Waals surface area contributed by atoms with Crippen molar-refractivity contribution in [2.45, 2.75) is 25.4 Å². The van der Waals surface area contributed by atoms with E-state index in [4.69, 9.17) is 9.47 Å². The summed E-state index contributed by atoms with van der Waals surface area (Å²) in [6.45, 7) is 11.2. The molecule has 0 amide bonds. The van der Waals surface area contributed by atoms with Crippen LogP contribution in [0.15, 0.2) is 36.4 Å². The van der Waals surface area contributed by atoms with Crippen LogP contribution in [0.25, 0.3) is 0 Å². The van der Waals surface area contributed by atoms with E-state index in [0.29, 0.717) is 24.4 Å². The standard InChI is InChI=1S/C18H24O4S3/c1-13(2)17(19)21-7-9-23-11-15-5-6-16(25-15)12-24-10-8-22-18(20)14(3)4/h5-6H,1,3,7-12H2,2,4H3. The number of thiophene rings is 1. The van der Waals surface area contributed by atoms with Crippen LogP contribution in [-0.2, 0) is 30.6 Å². The van der Waals surface area contributed by atoms with Gasteiger partial charge in [0.25, 0.3) is 0 Å². The van der Waals surface area contributed by atoms with Crippen molar-refractivity contribution in [3.05, 3.63) is 46.2 Å². The summed E-state index contributed by atoms with van der Waals surface area (Å²) in [6.07, 6.45) is 0. The van der Waals surface area contributed by atoms with Crippen LogP contribution in [0, 0.1) is 0 Å². The maximum atomic E-state index is 11.2. The van der Waals surface area contributed by atoms with E-state index in [1.807, 2.05) is 0 Å². The molecule has 7 heteroatoms. The number of rotatable bonds is 12. The van der Waals surface area contributed by atoms with Gasteiger partial charge in [0, 0.05) is 43.9 Å². The molecule has 138 valence electrons. The van der Waals surface area contributed by atoms with E-state index in [-0.39, 0.29) is 11.9 Å². The van der Waals surface area contributed by atoms with Gasteiger partial charge < -0.3 is 9.47 Å². The van der Waals surface area contributed by atoms with Crippen LogP contribution in [-0.4, -0.2) is 36.7 Å². The van der Waals surface area contributed by atoms with Crippen molar-refractivity contribution < 1.29 is 19.1 Å². The molecule has 1 rings (SSSR count). The Morgan fingerprint density at radius 1 is 0.920 bits per heavy atom. The van der Waals surface area contributed by atoms with Crippen LogP contribution in [0.1, 0.15) is 23.6 Å². The average Bonchev–Trinajstić information content (AvgIpc) is 3.01. The maximum Gasteiger partial charge on any atom is 0.333 e. The van der Waals surface area contributed by atoms with Gasteiger partial charge in [-0.15, -0.1) is 11.3 Å². The van der Waals surface area contributed by atoms with Gasteiger partial charge in [0.2, 0.25) is 0 Å². The molecule has 0 bridgehead atoms. The molecule has 0 fully saturated rings. The molecule has 0 saturated heterocycles. The molecular formula is C18H24O4S3. The smallest absolute Gasteiger partial charge is 0.333 e. The molecule has 25 heavy (non-hydrogen) atoms. The number of carbonyl (C=O) groups excluding carboxylic acids is 2. The molecule has 0 radical (unpaired) electrons. The summed E-state index contributed by atoms with van der Waals surface area (Å²) >= 11 is 5.27. The first-order valence-corrected chi connectivity index (χ1v) is 10.9. The highest BCUT2D eigenvalue weighted by Gasteiger charge is 2.05. The molecule has 4 nitrogen and oxygen atoms in total. The Balaban J connectivity index is 2.11. The van der Waals surface area contributed by atoms with Crippen LogP contribution < -0.4 is 0 Å². The van der Waals surface area contributed by atoms with Crippen molar-refractivity contribution in [3.8, 4) is 0 Å². The molecule has 1 aromatic rings. The first kappa shape index (κ1) is 21.9. The van der Waals surface area contributed by atoms with E-state index in [1.165, 1.54) is 9.75 Å². The monoisotopic (exact) mass is 400 g/mol. The third-order valence-corrected chi connectivity index (χ3v) is 6.22. The lowest BCUT2D eigenvalue weighted by Gasteiger charge is -2.04. The van der Waals surface area contributed by atoms with Gasteiger partial charge >= 0.3 is 11.9 Å². The topological polar surface area (TPSA) is 52.6 Å². The van der Waals surface area contributed by atoms with Crippen molar-refractivity contribution in [1.82, 2.24) is 0 Å². The Hall–Kier alpha value is -1.18. The van der Waals surface area contributed by atoms with Crippen molar-refractivity contribution in [1.29, 1.82) is 0 Å². The molecule has 0 N–H and O–H groups in total. The van der Waals surface area contributed by atoms with E-state index < -0.39 is 0 Å². The number of hydrogen-bond donors (Lipinski definition) is 0. The number of esters is 2. The molecule has 0 unspecified atom stereocenters. The lowest BCUT2D eigenvalue weighted by molar-refractivity contribution is -0.139. The maximum absolute atomic E-state index is 11.2. The molecular weight excluding hydrogens is 376 g/mol. The Bertz CT molecular complexity index is 557. The highest BCUT2D eigenvalue weighted by atomic mass is 32.2. The van der Waals surface area contributed by atoms with Gasteiger partial charge in [0.15, 0.2) is 0 Å². The minimum absolute atomic E-state index is 0.329. The summed E-state index contributed by atoms with van der Waals surface area (Å²) in [5, 5.41) is 0. The zero-order valence-corrected chi connectivity index (χ0v) is 17.1. The van der Waals surface area contributed by atoms with Gasteiger partial charge in [0.1, 0.15) is 13.2 Å². The number of thioether (sulfide) groups is 2. The van der Waals surface area contributed by atoms with E-state index in [0.717, 1.165) is 23.0 Å². The normalized spacial score (nSPS) is 10.3. The third kappa shape index (κ3) is 9.77. The Labute approximate surface area is 162 Å². The second-order valence-corrected chi connectivity index (χ2v) is 8.77. The Kier molecular flexibility index (Phi) is 10.7. The van der Waals surface area contributed by atoms with Crippen molar-refractivity contribution >= 4 is 46.8 Å². The SMILES string of the molecule is C=C(C)C(=O)OCCSCc1ccc(CSCCOC(=O)C(=C)C)s1. The van der Waals surface area contributed by atoms with Gasteiger partial charge in [-0.25, -0.2) is 9.59 Å². The van der Waals surface area contributed by atoms with Crippen LogP contribution in [0.3, 0.4) is 0 Å². The van der Waals surface area contributed by atoms with Gasteiger partial charge in [-0.2, -0.15) is 23.5 Å². The van der Waals surface area contributed by atoms with Crippen LogP contribution in [0.5, 0.6) is 0 Å². The van der Waals surface area contributed by atoms with Gasteiger partial charge in [0.05, 0.1) is 0 Å². The molecule has 0 aromatic carbocycles. The second kappa shape index (κ2) is 12.2. The number of ether oxygens (including phenoxy) is 2. The van der Waals surface area contributed by atoms with Crippen molar-refractivity contribution in [2.75, 3.05) is 24.7 Å². The predicted molar refractivity (Wildman–Crippen MR) is 108 cm³/mol. The third-order valence-electron chi connectivity index (χ3n) is 2.82. The second-order valence-electron chi connectivity index (χ2n) is 5.31. The fourth-order valence-electron chi connectivity index (χ4n) is 1.56. The highest BCUT2D eigenvalue weighted by Crippen LogP contribution is 2.25. The van der Waals surface area contributed by atoms with E-state index in [9.17, 15) is 9.59 Å². The van der Waals surface area contributed by atoms with E-state index >= 15 is 0 Å². The van der Waals surface area contributed by atoms with Crippen LogP contribution in [0.4, 0.5) is 0 Å².